The normalized spacial score (nSPS) is 13.6. The van der Waals surface area contributed by atoms with Crippen molar-refractivity contribution in [3.05, 3.63) is 65.4 Å². The third kappa shape index (κ3) is 2.96. The van der Waals surface area contributed by atoms with Gasteiger partial charge in [-0.3, -0.25) is 0 Å². The van der Waals surface area contributed by atoms with Crippen LogP contribution in [-0.2, 0) is 13.1 Å². The first kappa shape index (κ1) is 16.0. The first-order valence-electron chi connectivity index (χ1n) is 8.60. The van der Waals surface area contributed by atoms with Crippen LogP contribution in [0.2, 0.25) is 5.02 Å². The topological polar surface area (TPSA) is 72.9 Å². The van der Waals surface area contributed by atoms with E-state index in [9.17, 15) is 0 Å². The van der Waals surface area contributed by atoms with E-state index in [1.165, 1.54) is 0 Å². The number of rotatable bonds is 3. The second-order valence-corrected chi connectivity index (χ2v) is 6.73. The van der Waals surface area contributed by atoms with E-state index in [1.54, 1.807) is 0 Å². The van der Waals surface area contributed by atoms with Crippen LogP contribution < -0.4 is 4.90 Å². The second-order valence-electron chi connectivity index (χ2n) is 6.29. The quantitative estimate of drug-likeness (QED) is 0.541. The van der Waals surface area contributed by atoms with Crippen LogP contribution in [0.4, 0.5) is 6.01 Å². The number of fused-ring (bicyclic) bond motifs is 1. The standard InChI is InChI=1S/C19H15ClN6O/c20-15-8-4-7-14(11-15)17-21-19(27-24-17)25-9-10-26-16(12-25)22-23-18(26)13-5-2-1-3-6-13/h1-8,11H,9-10,12H2. The molecule has 5 rings (SSSR count). The average molecular weight is 379 g/mol. The van der Waals surface area contributed by atoms with Crippen molar-refractivity contribution in [2.45, 2.75) is 13.1 Å². The highest BCUT2D eigenvalue weighted by atomic mass is 35.5. The molecule has 0 unspecified atom stereocenters. The number of benzene rings is 2. The molecule has 134 valence electrons. The molecule has 1 aliphatic heterocycles. The number of hydrogen-bond acceptors (Lipinski definition) is 6. The van der Waals surface area contributed by atoms with Gasteiger partial charge in [0.2, 0.25) is 5.82 Å². The highest BCUT2D eigenvalue weighted by Gasteiger charge is 2.25. The van der Waals surface area contributed by atoms with Gasteiger partial charge in [-0.05, 0) is 12.1 Å². The van der Waals surface area contributed by atoms with Crippen molar-refractivity contribution in [2.75, 3.05) is 11.4 Å². The summed E-state index contributed by atoms with van der Waals surface area (Å²) in [5.41, 5.74) is 1.88. The molecule has 7 nitrogen and oxygen atoms in total. The van der Waals surface area contributed by atoms with Crippen LogP contribution in [0.3, 0.4) is 0 Å². The Labute approximate surface area is 160 Å². The lowest BCUT2D eigenvalue weighted by Gasteiger charge is -2.25. The fourth-order valence-corrected chi connectivity index (χ4v) is 3.40. The minimum atomic E-state index is 0.473. The summed E-state index contributed by atoms with van der Waals surface area (Å²) in [6.07, 6.45) is 0. The van der Waals surface area contributed by atoms with E-state index >= 15 is 0 Å². The molecule has 2 aromatic carbocycles. The predicted octanol–water partition coefficient (Wildman–Crippen LogP) is 3.67. The predicted molar refractivity (Wildman–Crippen MR) is 101 cm³/mol. The molecular weight excluding hydrogens is 364 g/mol. The Bertz CT molecular complexity index is 1090. The molecular formula is C19H15ClN6O. The molecule has 0 amide bonds. The van der Waals surface area contributed by atoms with Gasteiger partial charge in [-0.2, -0.15) is 4.98 Å². The van der Waals surface area contributed by atoms with Crippen molar-refractivity contribution in [1.82, 2.24) is 24.9 Å². The van der Waals surface area contributed by atoms with Crippen LogP contribution in [-0.4, -0.2) is 31.4 Å². The van der Waals surface area contributed by atoms with E-state index in [2.05, 4.69) is 24.9 Å². The summed E-state index contributed by atoms with van der Waals surface area (Å²) in [5.74, 6) is 2.28. The monoisotopic (exact) mass is 378 g/mol. The molecule has 0 spiro atoms. The highest BCUT2D eigenvalue weighted by Crippen LogP contribution is 2.26. The minimum absolute atomic E-state index is 0.473. The summed E-state index contributed by atoms with van der Waals surface area (Å²) >= 11 is 6.04. The fourth-order valence-electron chi connectivity index (χ4n) is 3.21. The van der Waals surface area contributed by atoms with Crippen molar-refractivity contribution in [3.63, 3.8) is 0 Å². The SMILES string of the molecule is Clc1cccc(-c2noc(N3CCn4c(nnc4-c4ccccc4)C3)n2)c1. The maximum absolute atomic E-state index is 6.04. The lowest BCUT2D eigenvalue weighted by Crippen LogP contribution is -2.34. The van der Waals surface area contributed by atoms with Gasteiger partial charge in [0.05, 0.1) is 6.54 Å². The molecule has 0 atom stereocenters. The molecule has 2 aromatic heterocycles. The summed E-state index contributed by atoms with van der Waals surface area (Å²) < 4.78 is 7.61. The third-order valence-corrected chi connectivity index (χ3v) is 4.79. The third-order valence-electron chi connectivity index (χ3n) is 4.55. The molecule has 27 heavy (non-hydrogen) atoms. The Kier molecular flexibility index (Phi) is 3.86. The van der Waals surface area contributed by atoms with Crippen LogP contribution in [0.5, 0.6) is 0 Å². The van der Waals surface area contributed by atoms with Crippen LogP contribution in [0.1, 0.15) is 5.82 Å². The van der Waals surface area contributed by atoms with E-state index in [1.807, 2.05) is 59.5 Å². The van der Waals surface area contributed by atoms with E-state index in [4.69, 9.17) is 16.1 Å². The second kappa shape index (κ2) is 6.51. The highest BCUT2D eigenvalue weighted by molar-refractivity contribution is 6.30. The van der Waals surface area contributed by atoms with Gasteiger partial charge in [0.25, 0.3) is 0 Å². The van der Waals surface area contributed by atoms with Crippen LogP contribution >= 0.6 is 11.6 Å². The van der Waals surface area contributed by atoms with Gasteiger partial charge in [-0.1, -0.05) is 59.2 Å². The zero-order valence-electron chi connectivity index (χ0n) is 14.3. The molecule has 1 aliphatic rings. The summed E-state index contributed by atoms with van der Waals surface area (Å²) in [4.78, 5) is 6.53. The van der Waals surface area contributed by atoms with Crippen molar-refractivity contribution in [3.8, 4) is 22.8 Å². The van der Waals surface area contributed by atoms with Crippen molar-refractivity contribution in [1.29, 1.82) is 0 Å². The first-order chi connectivity index (χ1) is 13.3. The Balaban J connectivity index is 1.40. The maximum atomic E-state index is 6.04. The smallest absolute Gasteiger partial charge is 0.315 e. The lowest BCUT2D eigenvalue weighted by atomic mass is 10.2. The van der Waals surface area contributed by atoms with Crippen LogP contribution in [0, 0.1) is 0 Å². The van der Waals surface area contributed by atoms with Gasteiger partial charge in [0.15, 0.2) is 11.6 Å². The molecule has 3 heterocycles. The van der Waals surface area contributed by atoms with E-state index in [0.717, 1.165) is 35.9 Å². The average Bonchev–Trinajstić information content (AvgIpc) is 3.36. The largest absolute Gasteiger partial charge is 0.324 e. The lowest BCUT2D eigenvalue weighted by molar-refractivity contribution is 0.401. The number of halogens is 1. The van der Waals surface area contributed by atoms with Gasteiger partial charge >= 0.3 is 6.01 Å². The number of hydrogen-bond donors (Lipinski definition) is 0. The van der Waals surface area contributed by atoms with Gasteiger partial charge < -0.3 is 14.0 Å². The summed E-state index contributed by atoms with van der Waals surface area (Å²) in [5, 5.41) is 13.4. The van der Waals surface area contributed by atoms with Gasteiger partial charge in [0, 0.05) is 29.2 Å². The molecule has 0 N–H and O–H groups in total. The number of nitrogens with zero attached hydrogens (tertiary/aromatic N) is 6. The molecule has 0 radical (unpaired) electrons. The Hall–Kier alpha value is -3.19. The number of aromatic nitrogens is 5. The van der Waals surface area contributed by atoms with Gasteiger partial charge in [0.1, 0.15) is 0 Å². The molecule has 0 fully saturated rings. The van der Waals surface area contributed by atoms with E-state index in [0.29, 0.717) is 23.4 Å². The van der Waals surface area contributed by atoms with Gasteiger partial charge in [-0.15, -0.1) is 10.2 Å². The Morgan fingerprint density at radius 3 is 2.63 bits per heavy atom. The van der Waals surface area contributed by atoms with Gasteiger partial charge in [-0.25, -0.2) is 0 Å². The summed E-state index contributed by atoms with van der Waals surface area (Å²) in [7, 11) is 0. The summed E-state index contributed by atoms with van der Waals surface area (Å²) in [6.45, 7) is 2.06. The fraction of sp³-hybridized carbons (Fsp3) is 0.158. The maximum Gasteiger partial charge on any atom is 0.324 e. The zero-order valence-corrected chi connectivity index (χ0v) is 15.0. The molecule has 0 aliphatic carbocycles. The number of anilines is 1. The molecule has 0 saturated carbocycles. The van der Waals surface area contributed by atoms with Crippen LogP contribution in [0.25, 0.3) is 22.8 Å². The zero-order chi connectivity index (χ0) is 18.2. The van der Waals surface area contributed by atoms with Crippen molar-refractivity contribution < 1.29 is 4.52 Å². The van der Waals surface area contributed by atoms with E-state index in [-0.39, 0.29) is 0 Å². The van der Waals surface area contributed by atoms with Crippen LogP contribution in [0.15, 0.2) is 59.1 Å². The van der Waals surface area contributed by atoms with E-state index < -0.39 is 0 Å². The molecule has 4 aromatic rings. The molecule has 8 heteroatoms. The Morgan fingerprint density at radius 2 is 1.78 bits per heavy atom. The summed E-state index contributed by atoms with van der Waals surface area (Å²) in [6, 6.07) is 17.9. The van der Waals surface area contributed by atoms with Crippen molar-refractivity contribution >= 4 is 17.6 Å². The minimum Gasteiger partial charge on any atom is -0.315 e. The first-order valence-corrected chi connectivity index (χ1v) is 8.98. The Morgan fingerprint density at radius 1 is 0.926 bits per heavy atom. The van der Waals surface area contributed by atoms with Crippen molar-refractivity contribution in [2.24, 2.45) is 0 Å². The molecule has 0 saturated heterocycles. The molecule has 0 bridgehead atoms.